The standard InChI is InChI=1S/C19H25N3O3/c1-20-15-4-3-5-16(20)19(24)22-12-18(23)21(11-17(15)22)10-13-6-8-14(25-2)9-7-13/h6-9,15-17H,3-5,10-12H2,1-2H3/t15?,16?,17-/m1/s1. The molecule has 0 saturated carbocycles. The smallest absolute Gasteiger partial charge is 0.242 e. The van der Waals surface area contributed by atoms with Gasteiger partial charge in [0.2, 0.25) is 11.8 Å². The van der Waals surface area contributed by atoms with Crippen molar-refractivity contribution in [3.8, 4) is 5.75 Å². The molecule has 2 bridgehead atoms. The fourth-order valence-corrected chi connectivity index (χ4v) is 4.58. The summed E-state index contributed by atoms with van der Waals surface area (Å²) in [5.74, 6) is 0.997. The van der Waals surface area contributed by atoms with Crippen LogP contribution in [0.25, 0.3) is 0 Å². The molecule has 0 aliphatic carbocycles. The average molecular weight is 343 g/mol. The summed E-state index contributed by atoms with van der Waals surface area (Å²) in [4.78, 5) is 31.4. The summed E-state index contributed by atoms with van der Waals surface area (Å²) in [6.07, 6.45) is 3.12. The van der Waals surface area contributed by atoms with Gasteiger partial charge in [-0.25, -0.2) is 0 Å². The van der Waals surface area contributed by atoms with Gasteiger partial charge < -0.3 is 14.5 Å². The zero-order chi connectivity index (χ0) is 17.6. The zero-order valence-corrected chi connectivity index (χ0v) is 14.9. The largest absolute Gasteiger partial charge is 0.497 e. The van der Waals surface area contributed by atoms with Crippen LogP contribution in [0.15, 0.2) is 24.3 Å². The van der Waals surface area contributed by atoms with Crippen molar-refractivity contribution < 1.29 is 14.3 Å². The minimum atomic E-state index is -0.0315. The van der Waals surface area contributed by atoms with E-state index < -0.39 is 0 Å². The fourth-order valence-electron chi connectivity index (χ4n) is 4.58. The van der Waals surface area contributed by atoms with Gasteiger partial charge in [0, 0.05) is 19.1 Å². The molecule has 0 spiro atoms. The highest BCUT2D eigenvalue weighted by Crippen LogP contribution is 2.34. The number of hydrogen-bond acceptors (Lipinski definition) is 4. The molecule has 6 heteroatoms. The predicted molar refractivity (Wildman–Crippen MR) is 93.1 cm³/mol. The second-order valence-corrected chi connectivity index (χ2v) is 7.34. The van der Waals surface area contributed by atoms with Crippen LogP contribution in [0.3, 0.4) is 0 Å². The summed E-state index contributed by atoms with van der Waals surface area (Å²) in [6, 6.07) is 8.27. The number of likely N-dealkylation sites (N-methyl/N-ethyl adjacent to an activating group) is 1. The molecule has 3 aliphatic heterocycles. The number of fused-ring (bicyclic) bond motifs is 4. The van der Waals surface area contributed by atoms with E-state index in [1.54, 1.807) is 7.11 Å². The maximum absolute atomic E-state index is 12.8. The van der Waals surface area contributed by atoms with Gasteiger partial charge in [-0.05, 0) is 44.0 Å². The number of rotatable bonds is 3. The Bertz CT molecular complexity index is 675. The van der Waals surface area contributed by atoms with E-state index in [2.05, 4.69) is 11.9 Å². The number of methoxy groups -OCH3 is 1. The number of nitrogens with zero attached hydrogens (tertiary/aromatic N) is 3. The van der Waals surface area contributed by atoms with Crippen LogP contribution < -0.4 is 4.74 Å². The molecule has 2 unspecified atom stereocenters. The summed E-state index contributed by atoms with van der Waals surface area (Å²) >= 11 is 0. The molecule has 1 aromatic carbocycles. The molecule has 4 rings (SSSR count). The van der Waals surface area contributed by atoms with Crippen molar-refractivity contribution in [3.63, 3.8) is 0 Å². The van der Waals surface area contributed by atoms with Crippen LogP contribution in [-0.4, -0.2) is 71.9 Å². The highest BCUT2D eigenvalue weighted by atomic mass is 16.5. The van der Waals surface area contributed by atoms with Gasteiger partial charge in [0.15, 0.2) is 0 Å². The molecule has 1 aromatic rings. The van der Waals surface area contributed by atoms with E-state index >= 15 is 0 Å². The molecule has 0 N–H and O–H groups in total. The van der Waals surface area contributed by atoms with Gasteiger partial charge in [-0.1, -0.05) is 12.1 Å². The molecule has 0 aromatic heterocycles. The molecular weight excluding hydrogens is 318 g/mol. The second-order valence-electron chi connectivity index (χ2n) is 7.34. The average Bonchev–Trinajstić information content (AvgIpc) is 2.62. The SMILES string of the molecule is COc1ccc(CN2C[C@@H]3C4CCCC(C(=O)N3CC2=O)N4C)cc1. The van der Waals surface area contributed by atoms with Crippen LogP contribution in [0.5, 0.6) is 5.75 Å². The van der Waals surface area contributed by atoms with Crippen LogP contribution in [0.1, 0.15) is 24.8 Å². The fraction of sp³-hybridized carbons (Fsp3) is 0.579. The number of benzene rings is 1. The highest BCUT2D eigenvalue weighted by molar-refractivity contribution is 5.90. The first-order valence-electron chi connectivity index (χ1n) is 9.01. The normalized spacial score (nSPS) is 29.6. The first-order valence-corrected chi connectivity index (χ1v) is 9.01. The van der Waals surface area contributed by atoms with Crippen molar-refractivity contribution in [2.75, 3.05) is 27.2 Å². The molecule has 6 nitrogen and oxygen atoms in total. The lowest BCUT2D eigenvalue weighted by molar-refractivity contribution is -0.166. The predicted octanol–water partition coefficient (Wildman–Crippen LogP) is 1.10. The monoisotopic (exact) mass is 343 g/mol. The Hall–Kier alpha value is -2.08. The van der Waals surface area contributed by atoms with Gasteiger partial charge in [-0.3, -0.25) is 14.5 Å². The summed E-state index contributed by atoms with van der Waals surface area (Å²) in [7, 11) is 3.71. The van der Waals surface area contributed by atoms with Crippen LogP contribution >= 0.6 is 0 Å². The molecule has 134 valence electrons. The molecule has 3 atom stereocenters. The van der Waals surface area contributed by atoms with E-state index in [9.17, 15) is 9.59 Å². The highest BCUT2D eigenvalue weighted by Gasteiger charge is 2.50. The number of ether oxygens (including phenoxy) is 1. The van der Waals surface area contributed by atoms with Gasteiger partial charge in [0.05, 0.1) is 19.2 Å². The summed E-state index contributed by atoms with van der Waals surface area (Å²) in [6.45, 7) is 1.43. The molecule has 0 radical (unpaired) electrons. The van der Waals surface area contributed by atoms with Gasteiger partial charge >= 0.3 is 0 Å². The minimum Gasteiger partial charge on any atom is -0.497 e. The lowest BCUT2D eigenvalue weighted by atomic mass is 9.84. The zero-order valence-electron chi connectivity index (χ0n) is 14.9. The Kier molecular flexibility index (Phi) is 4.15. The lowest BCUT2D eigenvalue weighted by Gasteiger charge is -2.55. The van der Waals surface area contributed by atoms with Crippen molar-refractivity contribution in [2.24, 2.45) is 0 Å². The number of carbonyl (C=O) groups excluding carboxylic acids is 2. The Morgan fingerprint density at radius 1 is 1.12 bits per heavy atom. The number of piperidine rings is 1. The maximum Gasteiger partial charge on any atom is 0.242 e. The van der Waals surface area contributed by atoms with E-state index in [4.69, 9.17) is 4.74 Å². The molecular formula is C19H25N3O3. The van der Waals surface area contributed by atoms with Crippen molar-refractivity contribution >= 4 is 11.8 Å². The van der Waals surface area contributed by atoms with Crippen molar-refractivity contribution in [1.29, 1.82) is 0 Å². The third-order valence-corrected chi connectivity index (χ3v) is 6.00. The van der Waals surface area contributed by atoms with Gasteiger partial charge in [0.25, 0.3) is 0 Å². The Morgan fingerprint density at radius 2 is 1.88 bits per heavy atom. The Morgan fingerprint density at radius 3 is 2.60 bits per heavy atom. The quantitative estimate of drug-likeness (QED) is 0.825. The van der Waals surface area contributed by atoms with E-state index in [-0.39, 0.29) is 30.4 Å². The van der Waals surface area contributed by atoms with Gasteiger partial charge in [0.1, 0.15) is 12.3 Å². The molecule has 3 heterocycles. The third kappa shape index (κ3) is 2.78. The Balaban J connectivity index is 1.52. The number of piperazine rings is 2. The summed E-state index contributed by atoms with van der Waals surface area (Å²) in [5.41, 5.74) is 1.08. The van der Waals surface area contributed by atoms with E-state index in [0.717, 1.165) is 30.6 Å². The van der Waals surface area contributed by atoms with Crippen molar-refractivity contribution in [2.45, 2.75) is 43.9 Å². The molecule has 3 fully saturated rings. The molecule has 3 aliphatic rings. The van der Waals surface area contributed by atoms with Crippen molar-refractivity contribution in [1.82, 2.24) is 14.7 Å². The van der Waals surface area contributed by atoms with Crippen molar-refractivity contribution in [3.05, 3.63) is 29.8 Å². The van der Waals surface area contributed by atoms with Crippen LogP contribution in [-0.2, 0) is 16.1 Å². The first-order chi connectivity index (χ1) is 12.1. The van der Waals surface area contributed by atoms with Gasteiger partial charge in [-0.15, -0.1) is 0 Å². The third-order valence-electron chi connectivity index (χ3n) is 6.00. The van der Waals surface area contributed by atoms with Crippen LogP contribution in [0.2, 0.25) is 0 Å². The molecule has 25 heavy (non-hydrogen) atoms. The minimum absolute atomic E-state index is 0.0315. The van der Waals surface area contributed by atoms with E-state index in [1.807, 2.05) is 34.1 Å². The lowest BCUT2D eigenvalue weighted by Crippen LogP contribution is -2.72. The van der Waals surface area contributed by atoms with Crippen LogP contribution in [0.4, 0.5) is 0 Å². The molecule has 3 saturated heterocycles. The topological polar surface area (TPSA) is 53.1 Å². The van der Waals surface area contributed by atoms with Gasteiger partial charge in [-0.2, -0.15) is 0 Å². The first kappa shape index (κ1) is 16.4. The van der Waals surface area contributed by atoms with E-state index in [0.29, 0.717) is 19.1 Å². The number of carbonyl (C=O) groups is 2. The molecule has 2 amide bonds. The number of hydrogen-bond donors (Lipinski definition) is 0. The van der Waals surface area contributed by atoms with Crippen LogP contribution in [0, 0.1) is 0 Å². The Labute approximate surface area is 148 Å². The maximum atomic E-state index is 12.8. The summed E-state index contributed by atoms with van der Waals surface area (Å²) in [5, 5.41) is 0. The van der Waals surface area contributed by atoms with E-state index in [1.165, 1.54) is 0 Å². The second kappa shape index (κ2) is 6.33. The summed E-state index contributed by atoms with van der Waals surface area (Å²) < 4.78 is 5.19. The number of amides is 2.